The molecule has 10 aromatic carbocycles. The summed E-state index contributed by atoms with van der Waals surface area (Å²) in [5.41, 5.74) is 6.02. The van der Waals surface area contributed by atoms with Crippen molar-refractivity contribution in [3.8, 4) is 11.1 Å². The quantitative estimate of drug-likeness (QED) is 0.159. The van der Waals surface area contributed by atoms with Crippen LogP contribution < -0.4 is 41.2 Å². The molecule has 3 heterocycles. The van der Waals surface area contributed by atoms with Crippen molar-refractivity contribution >= 4 is 124 Å². The zero-order valence-electron chi connectivity index (χ0n) is 34.3. The van der Waals surface area contributed by atoms with E-state index in [0.29, 0.717) is 0 Å². The summed E-state index contributed by atoms with van der Waals surface area (Å²) >= 11 is 3.84. The molecule has 0 saturated heterocycles. The Labute approximate surface area is 378 Å². The third-order valence-electron chi connectivity index (χ3n) is 13.5. The van der Waals surface area contributed by atoms with Crippen LogP contribution >= 0.6 is 23.1 Å². The molecule has 0 radical (unpaired) electrons. The van der Waals surface area contributed by atoms with Gasteiger partial charge < -0.3 is 4.90 Å². The van der Waals surface area contributed by atoms with Crippen LogP contribution in [0.25, 0.3) is 42.1 Å². The van der Waals surface area contributed by atoms with E-state index in [9.17, 15) is 0 Å². The molecular weight excluding hydrogens is 831 g/mol. The zero-order valence-corrected chi connectivity index (χ0v) is 38.1. The maximum absolute atomic E-state index is 2.78. The summed E-state index contributed by atoms with van der Waals surface area (Å²) < 4.78 is 2.61. The number of benzene rings is 10. The molecule has 0 N–H and O–H groups in total. The average Bonchev–Trinajstić information content (AvgIpc) is 3.74. The van der Waals surface area contributed by atoms with Crippen LogP contribution in [0.1, 0.15) is 0 Å². The molecule has 0 fully saturated rings. The lowest BCUT2D eigenvalue weighted by atomic mass is 9.98. The lowest BCUT2D eigenvalue weighted by Gasteiger charge is -2.46. The fourth-order valence-electron chi connectivity index (χ4n) is 10.9. The minimum Gasteiger partial charge on any atom is -0.309 e. The van der Waals surface area contributed by atoms with Crippen LogP contribution in [0, 0.1) is 0 Å². The molecule has 5 heteroatoms. The molecule has 0 bridgehead atoms. The van der Waals surface area contributed by atoms with Crippen molar-refractivity contribution < 1.29 is 0 Å². The van der Waals surface area contributed by atoms with E-state index in [4.69, 9.17) is 0 Å². The Morgan fingerprint density at radius 3 is 1.83 bits per heavy atom. The lowest BCUT2D eigenvalue weighted by molar-refractivity contribution is 1.31. The second kappa shape index (κ2) is 14.7. The number of anilines is 3. The first-order valence-electron chi connectivity index (χ1n) is 21.7. The molecule has 11 aromatic rings. The molecule has 1 nitrogen and oxygen atoms in total. The highest BCUT2D eigenvalue weighted by atomic mass is 32.2. The SMILES string of the molecule is c1ccc([SiH]2c3ccccc3[Si]3(c4ccccc4Sc4ccccc43)c3ccc(N(c4ccc(-c5cccc6ccccc56)cc4)c4cccc5c4sc4ccccc45)cc32)cc1. The van der Waals surface area contributed by atoms with Crippen molar-refractivity contribution in [2.75, 3.05) is 4.90 Å². The van der Waals surface area contributed by atoms with E-state index >= 15 is 0 Å². The topological polar surface area (TPSA) is 3.24 Å². The highest BCUT2D eigenvalue weighted by Crippen LogP contribution is 2.45. The van der Waals surface area contributed by atoms with Gasteiger partial charge in [0.25, 0.3) is 0 Å². The summed E-state index contributed by atoms with van der Waals surface area (Å²) in [5, 5.41) is 15.8. The van der Waals surface area contributed by atoms with Crippen LogP contribution in [0.3, 0.4) is 0 Å². The summed E-state index contributed by atoms with van der Waals surface area (Å²) in [5.74, 6) is 0. The van der Waals surface area contributed by atoms with Crippen LogP contribution in [0.5, 0.6) is 0 Å². The summed E-state index contributed by atoms with van der Waals surface area (Å²) in [6.45, 7) is 0. The van der Waals surface area contributed by atoms with Crippen molar-refractivity contribution in [1.29, 1.82) is 0 Å². The van der Waals surface area contributed by atoms with Gasteiger partial charge in [0.1, 0.15) is 8.80 Å². The molecule has 0 aliphatic carbocycles. The van der Waals surface area contributed by atoms with Crippen LogP contribution in [0.2, 0.25) is 0 Å². The van der Waals surface area contributed by atoms with E-state index in [-0.39, 0.29) is 0 Å². The number of hydrogen-bond acceptors (Lipinski definition) is 3. The fourth-order valence-corrected chi connectivity index (χ4v) is 24.5. The van der Waals surface area contributed by atoms with E-state index in [1.165, 1.54) is 89.2 Å². The second-order valence-electron chi connectivity index (χ2n) is 16.7. The van der Waals surface area contributed by atoms with Crippen molar-refractivity contribution in [3.63, 3.8) is 0 Å². The fraction of sp³-hybridized carbons (Fsp3) is 0. The molecule has 1 unspecified atom stereocenters. The van der Waals surface area contributed by atoms with Gasteiger partial charge in [-0.3, -0.25) is 0 Å². The third kappa shape index (κ3) is 5.60. The van der Waals surface area contributed by atoms with Crippen LogP contribution in [0.4, 0.5) is 17.1 Å². The van der Waals surface area contributed by atoms with Crippen molar-refractivity contribution in [1.82, 2.24) is 0 Å². The van der Waals surface area contributed by atoms with E-state index in [2.05, 4.69) is 235 Å². The summed E-state index contributed by atoms with van der Waals surface area (Å²) in [6.07, 6.45) is 0. The average molecular weight is 870 g/mol. The second-order valence-corrected chi connectivity index (χ2v) is 25.3. The number of nitrogens with zero attached hydrogens (tertiary/aromatic N) is 1. The molecule has 2 aliphatic heterocycles. The Morgan fingerprint density at radius 1 is 0.413 bits per heavy atom. The maximum atomic E-state index is 2.63. The minimum atomic E-state index is -2.78. The molecular formula is C58H39NS2Si2. The Bertz CT molecular complexity index is 3530. The lowest BCUT2D eigenvalue weighted by Crippen LogP contribution is -2.87. The summed E-state index contributed by atoms with van der Waals surface area (Å²) in [4.78, 5) is 5.32. The predicted molar refractivity (Wildman–Crippen MR) is 277 cm³/mol. The predicted octanol–water partition coefficient (Wildman–Crippen LogP) is 10.7. The van der Waals surface area contributed by atoms with E-state index < -0.39 is 16.9 Å². The van der Waals surface area contributed by atoms with Gasteiger partial charge >= 0.3 is 0 Å². The first-order valence-corrected chi connectivity index (χ1v) is 27.1. The van der Waals surface area contributed by atoms with Gasteiger partial charge in [-0.25, -0.2) is 0 Å². The zero-order chi connectivity index (χ0) is 41.5. The van der Waals surface area contributed by atoms with Crippen LogP contribution in [-0.4, -0.2) is 16.9 Å². The van der Waals surface area contributed by atoms with Gasteiger partial charge in [0.15, 0.2) is 8.07 Å². The largest absolute Gasteiger partial charge is 0.309 e. The highest BCUT2D eigenvalue weighted by Gasteiger charge is 2.53. The minimum absolute atomic E-state index is 1.15. The molecule has 1 atom stereocenters. The summed E-state index contributed by atoms with van der Waals surface area (Å²) in [6, 6.07) is 87.7. The molecule has 1 spiro atoms. The summed E-state index contributed by atoms with van der Waals surface area (Å²) in [7, 11) is -4.78. The first-order chi connectivity index (χ1) is 31.3. The number of hydrogen-bond donors (Lipinski definition) is 0. The smallest absolute Gasteiger partial charge is 0.181 e. The monoisotopic (exact) mass is 869 g/mol. The van der Waals surface area contributed by atoms with Gasteiger partial charge in [0, 0.05) is 36.6 Å². The van der Waals surface area contributed by atoms with Gasteiger partial charge in [0.05, 0.1) is 10.4 Å². The van der Waals surface area contributed by atoms with Crippen LogP contribution in [-0.2, 0) is 0 Å². The van der Waals surface area contributed by atoms with E-state index in [1.54, 1.807) is 10.4 Å². The van der Waals surface area contributed by atoms with Gasteiger partial charge in [-0.2, -0.15) is 0 Å². The first kappa shape index (κ1) is 36.9. The molecule has 0 amide bonds. The number of rotatable bonds is 5. The van der Waals surface area contributed by atoms with Gasteiger partial charge in [-0.15, -0.1) is 11.3 Å². The standard InChI is InChI=1S/C58H39NS2Si2/c1-2-18-43(19-3-1)62-52-28-10-13-31-56(52)63(54-29-11-8-26-50(54)60-51-27-9-12-30-55(51)63)57-37-36-42(38-53(57)62)59(48-24-15-23-47-46-21-6-7-25-49(46)61-58(47)48)41-34-32-40(33-35-41)45-22-14-17-39-16-4-5-20-44(39)45/h1-38,62H. The van der Waals surface area contributed by atoms with Crippen molar-refractivity contribution in [3.05, 3.63) is 231 Å². The van der Waals surface area contributed by atoms with Gasteiger partial charge in [-0.1, -0.05) is 209 Å². The highest BCUT2D eigenvalue weighted by molar-refractivity contribution is 8.00. The normalized spacial score (nSPS) is 14.6. The van der Waals surface area contributed by atoms with Gasteiger partial charge in [0.2, 0.25) is 0 Å². The van der Waals surface area contributed by atoms with E-state index in [0.717, 1.165) is 5.69 Å². The molecule has 63 heavy (non-hydrogen) atoms. The van der Waals surface area contributed by atoms with E-state index in [1.807, 2.05) is 23.1 Å². The van der Waals surface area contributed by atoms with Crippen molar-refractivity contribution in [2.45, 2.75) is 9.79 Å². The molecule has 0 saturated carbocycles. The van der Waals surface area contributed by atoms with Crippen molar-refractivity contribution in [2.24, 2.45) is 0 Å². The molecule has 1 aromatic heterocycles. The number of fused-ring (bicyclic) bond motifs is 12. The van der Waals surface area contributed by atoms with Crippen LogP contribution in [0.15, 0.2) is 240 Å². The Balaban J connectivity index is 1.09. The molecule has 2 aliphatic rings. The van der Waals surface area contributed by atoms with Gasteiger partial charge in [-0.05, 0) is 91.2 Å². The molecule has 13 rings (SSSR count). The maximum Gasteiger partial charge on any atom is 0.181 e. The number of thiophene rings is 1. The Kier molecular flexibility index (Phi) is 8.60. The Morgan fingerprint density at radius 2 is 1.02 bits per heavy atom. The molecule has 296 valence electrons. The Hall–Kier alpha value is -6.74. The third-order valence-corrected chi connectivity index (χ3v) is 25.1.